The van der Waals surface area contributed by atoms with Crippen LogP contribution in [0.1, 0.15) is 15.9 Å². The Balaban J connectivity index is 1.75. The monoisotopic (exact) mass is 404 g/mol. The number of ether oxygens (including phenoxy) is 2. The van der Waals surface area contributed by atoms with Gasteiger partial charge in [-0.05, 0) is 53.1 Å². The van der Waals surface area contributed by atoms with Gasteiger partial charge in [-0.15, -0.1) is 0 Å². The van der Waals surface area contributed by atoms with Gasteiger partial charge in [-0.1, -0.05) is 41.9 Å². The molecule has 1 N–H and O–H groups in total. The number of halogens is 3. The number of hydrogen-bond donors (Lipinski definition) is 1. The molecule has 0 aromatic heterocycles. The zero-order valence-corrected chi connectivity index (χ0v) is 15.2. The van der Waals surface area contributed by atoms with E-state index >= 15 is 0 Å². The molecule has 0 atom stereocenters. The van der Waals surface area contributed by atoms with E-state index in [0.29, 0.717) is 5.75 Å². The molecule has 0 amide bonds. The third-order valence-electron chi connectivity index (χ3n) is 3.89. The Kier molecular flexibility index (Phi) is 6.11. The van der Waals surface area contributed by atoms with Crippen LogP contribution in [0.15, 0.2) is 66.7 Å². The first kappa shape index (κ1) is 19.6. The van der Waals surface area contributed by atoms with E-state index in [-0.39, 0.29) is 22.9 Å². The van der Waals surface area contributed by atoms with Gasteiger partial charge in [0.1, 0.15) is 18.1 Å². The summed E-state index contributed by atoms with van der Waals surface area (Å²) in [6.45, 7) is -2.71. The van der Waals surface area contributed by atoms with Crippen LogP contribution in [0.5, 0.6) is 11.5 Å². The van der Waals surface area contributed by atoms with Gasteiger partial charge in [0.25, 0.3) is 0 Å². The quantitative estimate of drug-likeness (QED) is 0.533. The summed E-state index contributed by atoms with van der Waals surface area (Å²) >= 11 is 6.01. The van der Waals surface area contributed by atoms with Crippen molar-refractivity contribution in [3.63, 3.8) is 0 Å². The van der Waals surface area contributed by atoms with Crippen molar-refractivity contribution in [1.29, 1.82) is 0 Å². The minimum Gasteiger partial charge on any atom is -0.489 e. The van der Waals surface area contributed by atoms with Crippen LogP contribution in [-0.4, -0.2) is 17.7 Å². The number of alkyl halides is 2. The molecule has 4 nitrogen and oxygen atoms in total. The molecule has 3 rings (SSSR count). The summed E-state index contributed by atoms with van der Waals surface area (Å²) in [6, 6.07) is 18.2. The highest BCUT2D eigenvalue weighted by Gasteiger charge is 2.10. The van der Waals surface area contributed by atoms with E-state index in [1.807, 2.05) is 24.3 Å². The molecule has 144 valence electrons. The van der Waals surface area contributed by atoms with E-state index < -0.39 is 12.6 Å². The van der Waals surface area contributed by atoms with Crippen LogP contribution < -0.4 is 9.47 Å². The van der Waals surface area contributed by atoms with Crippen molar-refractivity contribution in [2.45, 2.75) is 13.2 Å². The molecular formula is C21H15ClF2O4. The zero-order chi connectivity index (χ0) is 20.1. The lowest BCUT2D eigenvalue weighted by atomic mass is 10.0. The van der Waals surface area contributed by atoms with Crippen molar-refractivity contribution < 1.29 is 28.2 Å². The lowest BCUT2D eigenvalue weighted by molar-refractivity contribution is -0.0497. The van der Waals surface area contributed by atoms with Gasteiger partial charge in [0, 0.05) is 0 Å². The standard InChI is InChI=1S/C21H15ClF2O4/c22-18-11-15(7-8-19(18)28-21(23)24)14-4-1-3-13(9-14)12-27-17-6-2-5-16(10-17)20(25)26/h1-11,21H,12H2,(H,25,26). The fraction of sp³-hybridized carbons (Fsp3) is 0.0952. The SMILES string of the molecule is O=C(O)c1cccc(OCc2cccc(-c3ccc(OC(F)F)c(Cl)c3)c2)c1. The summed E-state index contributed by atoms with van der Waals surface area (Å²) in [7, 11) is 0. The highest BCUT2D eigenvalue weighted by molar-refractivity contribution is 6.32. The van der Waals surface area contributed by atoms with Crippen molar-refractivity contribution in [2.24, 2.45) is 0 Å². The molecule has 3 aromatic rings. The maximum absolute atomic E-state index is 12.3. The van der Waals surface area contributed by atoms with Crippen LogP contribution in [0.3, 0.4) is 0 Å². The molecule has 0 unspecified atom stereocenters. The lowest BCUT2D eigenvalue weighted by Gasteiger charge is -2.11. The maximum Gasteiger partial charge on any atom is 0.387 e. The first-order valence-corrected chi connectivity index (χ1v) is 8.60. The molecular weight excluding hydrogens is 390 g/mol. The molecule has 0 spiro atoms. The third-order valence-corrected chi connectivity index (χ3v) is 4.19. The molecule has 28 heavy (non-hydrogen) atoms. The maximum atomic E-state index is 12.3. The number of hydrogen-bond acceptors (Lipinski definition) is 3. The molecule has 0 saturated heterocycles. The van der Waals surface area contributed by atoms with E-state index in [9.17, 15) is 13.6 Å². The first-order valence-electron chi connectivity index (χ1n) is 8.22. The summed E-state index contributed by atoms with van der Waals surface area (Å²) < 4.78 is 34.7. The molecule has 0 bridgehead atoms. The van der Waals surface area contributed by atoms with Crippen LogP contribution >= 0.6 is 11.6 Å². The smallest absolute Gasteiger partial charge is 0.387 e. The van der Waals surface area contributed by atoms with E-state index in [1.54, 1.807) is 24.3 Å². The van der Waals surface area contributed by atoms with Crippen LogP contribution in [0, 0.1) is 0 Å². The van der Waals surface area contributed by atoms with E-state index in [4.69, 9.17) is 21.4 Å². The summed E-state index contributed by atoms with van der Waals surface area (Å²) in [5, 5.41) is 9.12. The molecule has 0 radical (unpaired) electrons. The van der Waals surface area contributed by atoms with Crippen LogP contribution in [0.2, 0.25) is 5.02 Å². The molecule has 0 saturated carbocycles. The fourth-order valence-electron chi connectivity index (χ4n) is 2.60. The van der Waals surface area contributed by atoms with Crippen molar-refractivity contribution in [1.82, 2.24) is 0 Å². The normalized spacial score (nSPS) is 10.7. The minimum atomic E-state index is -2.94. The van der Waals surface area contributed by atoms with Crippen molar-refractivity contribution in [2.75, 3.05) is 0 Å². The summed E-state index contributed by atoms with van der Waals surface area (Å²) in [5.74, 6) is -0.663. The lowest BCUT2D eigenvalue weighted by Crippen LogP contribution is -2.02. The summed E-state index contributed by atoms with van der Waals surface area (Å²) in [4.78, 5) is 11.0. The average molecular weight is 405 g/mol. The zero-order valence-electron chi connectivity index (χ0n) is 14.4. The Hall–Kier alpha value is -3.12. The Morgan fingerprint density at radius 1 is 1.00 bits per heavy atom. The van der Waals surface area contributed by atoms with Crippen molar-refractivity contribution >= 4 is 17.6 Å². The Morgan fingerprint density at radius 2 is 1.75 bits per heavy atom. The Bertz CT molecular complexity index is 992. The summed E-state index contributed by atoms with van der Waals surface area (Å²) in [6.07, 6.45) is 0. The van der Waals surface area contributed by atoms with Gasteiger partial charge in [0.05, 0.1) is 10.6 Å². The topological polar surface area (TPSA) is 55.8 Å². The number of benzene rings is 3. The largest absolute Gasteiger partial charge is 0.489 e. The van der Waals surface area contributed by atoms with Crippen LogP contribution in [-0.2, 0) is 6.61 Å². The molecule has 0 heterocycles. The van der Waals surface area contributed by atoms with Gasteiger partial charge < -0.3 is 14.6 Å². The van der Waals surface area contributed by atoms with Crippen LogP contribution in [0.4, 0.5) is 8.78 Å². The first-order chi connectivity index (χ1) is 13.4. The van der Waals surface area contributed by atoms with Crippen molar-refractivity contribution in [3.8, 4) is 22.6 Å². The number of rotatable bonds is 7. The van der Waals surface area contributed by atoms with Crippen LogP contribution in [0.25, 0.3) is 11.1 Å². The van der Waals surface area contributed by atoms with E-state index in [0.717, 1.165) is 16.7 Å². The van der Waals surface area contributed by atoms with Gasteiger partial charge in [-0.3, -0.25) is 0 Å². The fourth-order valence-corrected chi connectivity index (χ4v) is 2.82. The van der Waals surface area contributed by atoms with Gasteiger partial charge >= 0.3 is 12.6 Å². The van der Waals surface area contributed by atoms with Gasteiger partial charge in [-0.2, -0.15) is 8.78 Å². The number of aromatic carboxylic acids is 1. The molecule has 0 fully saturated rings. The van der Waals surface area contributed by atoms with Gasteiger partial charge in [0.15, 0.2) is 0 Å². The predicted molar refractivity (Wildman–Crippen MR) is 101 cm³/mol. The Morgan fingerprint density at radius 3 is 2.46 bits per heavy atom. The number of carboxylic acids is 1. The average Bonchev–Trinajstić information content (AvgIpc) is 2.68. The Labute approximate surface area is 164 Å². The molecule has 7 heteroatoms. The second-order valence-electron chi connectivity index (χ2n) is 5.85. The molecule has 3 aromatic carbocycles. The highest BCUT2D eigenvalue weighted by Crippen LogP contribution is 2.31. The minimum absolute atomic E-state index is 0.0850. The summed E-state index contributed by atoms with van der Waals surface area (Å²) in [5.41, 5.74) is 2.56. The molecule has 0 aliphatic carbocycles. The molecule has 0 aliphatic heterocycles. The molecule has 0 aliphatic rings. The van der Waals surface area contributed by atoms with Crippen molar-refractivity contribution in [3.05, 3.63) is 82.9 Å². The second-order valence-corrected chi connectivity index (χ2v) is 6.25. The van der Waals surface area contributed by atoms with E-state index in [1.165, 1.54) is 18.2 Å². The number of carboxylic acid groups (broad SMARTS) is 1. The van der Waals surface area contributed by atoms with Gasteiger partial charge in [0.2, 0.25) is 0 Å². The highest BCUT2D eigenvalue weighted by atomic mass is 35.5. The number of carbonyl (C=O) groups is 1. The predicted octanol–water partition coefficient (Wildman–Crippen LogP) is 5.89. The third kappa shape index (κ3) is 4.98. The second kappa shape index (κ2) is 8.71. The van der Waals surface area contributed by atoms with E-state index in [2.05, 4.69) is 4.74 Å². The van der Waals surface area contributed by atoms with Gasteiger partial charge in [-0.25, -0.2) is 4.79 Å².